The van der Waals surface area contributed by atoms with E-state index >= 15 is 0 Å². The molecule has 0 saturated carbocycles. The first-order valence-electron chi connectivity index (χ1n) is 6.22. The van der Waals surface area contributed by atoms with Crippen LogP contribution in [0.4, 0.5) is 0 Å². The summed E-state index contributed by atoms with van der Waals surface area (Å²) in [7, 11) is 1.57. The lowest BCUT2D eigenvalue weighted by molar-refractivity contribution is -0.138. The van der Waals surface area contributed by atoms with Crippen molar-refractivity contribution in [2.75, 3.05) is 13.7 Å². The lowest BCUT2D eigenvalue weighted by atomic mass is 9.86. The topological polar surface area (TPSA) is 38.7 Å². The average molecular weight is 271 g/mol. The van der Waals surface area contributed by atoms with Gasteiger partial charge in [0.25, 0.3) is 0 Å². The van der Waals surface area contributed by atoms with E-state index in [-0.39, 0.29) is 0 Å². The summed E-state index contributed by atoms with van der Waals surface area (Å²) in [5.74, 6) is 0.577. The summed E-state index contributed by atoms with van der Waals surface area (Å²) in [6.07, 6.45) is 2.34. The van der Waals surface area contributed by atoms with Gasteiger partial charge in [-0.1, -0.05) is 17.7 Å². The van der Waals surface area contributed by atoms with Gasteiger partial charge in [-0.25, -0.2) is 0 Å². The summed E-state index contributed by atoms with van der Waals surface area (Å²) >= 11 is 5.98. The second kappa shape index (κ2) is 5.47. The number of benzene rings is 1. The Morgan fingerprint density at radius 1 is 1.44 bits per heavy atom. The molecule has 18 heavy (non-hydrogen) atoms. The van der Waals surface area contributed by atoms with E-state index in [0.717, 1.165) is 24.8 Å². The van der Waals surface area contributed by atoms with E-state index in [1.807, 2.05) is 13.0 Å². The maximum Gasteiger partial charge on any atom is 0.137 e. The first-order chi connectivity index (χ1) is 8.57. The summed E-state index contributed by atoms with van der Waals surface area (Å²) in [6, 6.07) is 5.33. The Hall–Kier alpha value is -0.770. The molecule has 0 bridgehead atoms. The number of methoxy groups -OCH3 is 1. The van der Waals surface area contributed by atoms with Crippen LogP contribution in [0, 0.1) is 0 Å². The van der Waals surface area contributed by atoms with Gasteiger partial charge in [0.2, 0.25) is 0 Å². The van der Waals surface area contributed by atoms with Crippen LogP contribution in [0.5, 0.6) is 5.75 Å². The van der Waals surface area contributed by atoms with E-state index in [1.165, 1.54) is 0 Å². The van der Waals surface area contributed by atoms with Crippen molar-refractivity contribution in [3.63, 3.8) is 0 Å². The predicted octanol–water partition coefficient (Wildman–Crippen LogP) is 3.34. The van der Waals surface area contributed by atoms with Gasteiger partial charge in [0, 0.05) is 6.61 Å². The van der Waals surface area contributed by atoms with Gasteiger partial charge in [-0.05, 0) is 43.9 Å². The fourth-order valence-electron chi connectivity index (χ4n) is 2.37. The van der Waals surface area contributed by atoms with Crippen molar-refractivity contribution in [1.29, 1.82) is 0 Å². The zero-order valence-electron chi connectivity index (χ0n) is 10.8. The van der Waals surface area contributed by atoms with Crippen molar-refractivity contribution in [2.24, 2.45) is 0 Å². The van der Waals surface area contributed by atoms with Crippen LogP contribution >= 0.6 is 11.6 Å². The molecule has 1 aromatic carbocycles. The molecule has 2 rings (SSSR count). The summed E-state index contributed by atoms with van der Waals surface area (Å²) in [5.41, 5.74) is 0.262. The van der Waals surface area contributed by atoms with Crippen molar-refractivity contribution in [3.8, 4) is 5.75 Å². The molecule has 2 unspecified atom stereocenters. The highest BCUT2D eigenvalue weighted by atomic mass is 35.5. The van der Waals surface area contributed by atoms with E-state index in [0.29, 0.717) is 17.4 Å². The Morgan fingerprint density at radius 3 is 2.83 bits per heavy atom. The molecule has 0 radical (unpaired) electrons. The molecule has 0 amide bonds. The van der Waals surface area contributed by atoms with Gasteiger partial charge in [-0.3, -0.25) is 0 Å². The third-order valence-corrected chi connectivity index (χ3v) is 3.88. The normalized spacial score (nSPS) is 25.8. The molecular formula is C14H19ClO3. The quantitative estimate of drug-likeness (QED) is 0.916. The molecule has 3 nitrogen and oxygen atoms in total. The van der Waals surface area contributed by atoms with Gasteiger partial charge in [-0.15, -0.1) is 0 Å². The number of halogens is 1. The number of rotatable bonds is 3. The van der Waals surface area contributed by atoms with Crippen molar-refractivity contribution in [1.82, 2.24) is 0 Å². The van der Waals surface area contributed by atoms with Crippen molar-refractivity contribution < 1.29 is 14.6 Å². The molecule has 4 heteroatoms. The van der Waals surface area contributed by atoms with Crippen molar-refractivity contribution in [3.05, 3.63) is 28.8 Å². The van der Waals surface area contributed by atoms with E-state index in [9.17, 15) is 5.11 Å². The SMILES string of the molecule is COc1cc(C(O)C2(C)CCCCO2)ccc1Cl. The molecule has 0 aromatic heterocycles. The van der Waals surface area contributed by atoms with E-state index in [4.69, 9.17) is 21.1 Å². The van der Waals surface area contributed by atoms with Crippen LogP contribution < -0.4 is 4.74 Å². The largest absolute Gasteiger partial charge is 0.495 e. The third-order valence-electron chi connectivity index (χ3n) is 3.57. The minimum Gasteiger partial charge on any atom is -0.495 e. The number of aliphatic hydroxyl groups excluding tert-OH is 1. The Morgan fingerprint density at radius 2 is 2.22 bits per heavy atom. The molecule has 1 fully saturated rings. The van der Waals surface area contributed by atoms with Gasteiger partial charge in [0.1, 0.15) is 11.9 Å². The van der Waals surface area contributed by atoms with Crippen LogP contribution in [0.1, 0.15) is 37.9 Å². The van der Waals surface area contributed by atoms with Crippen LogP contribution in [-0.4, -0.2) is 24.4 Å². The molecule has 1 aromatic rings. The zero-order chi connectivity index (χ0) is 13.2. The third kappa shape index (κ3) is 2.63. The smallest absolute Gasteiger partial charge is 0.137 e. The van der Waals surface area contributed by atoms with Crippen molar-refractivity contribution >= 4 is 11.6 Å². The van der Waals surface area contributed by atoms with Gasteiger partial charge >= 0.3 is 0 Å². The molecule has 0 spiro atoms. The number of aliphatic hydroxyl groups is 1. The Kier molecular flexibility index (Phi) is 4.15. The maximum absolute atomic E-state index is 10.5. The first kappa shape index (κ1) is 13.7. The monoisotopic (exact) mass is 270 g/mol. The summed E-state index contributed by atoms with van der Waals surface area (Å²) in [4.78, 5) is 0. The molecule has 100 valence electrons. The number of ether oxygens (including phenoxy) is 2. The predicted molar refractivity (Wildman–Crippen MR) is 71.2 cm³/mol. The van der Waals surface area contributed by atoms with Gasteiger partial charge in [0.15, 0.2) is 0 Å². The van der Waals surface area contributed by atoms with Crippen LogP contribution in [0.15, 0.2) is 18.2 Å². The van der Waals surface area contributed by atoms with Crippen LogP contribution in [-0.2, 0) is 4.74 Å². The van der Waals surface area contributed by atoms with E-state index in [2.05, 4.69) is 0 Å². The van der Waals surface area contributed by atoms with Crippen LogP contribution in [0.3, 0.4) is 0 Å². The van der Waals surface area contributed by atoms with E-state index in [1.54, 1.807) is 19.2 Å². The van der Waals surface area contributed by atoms with E-state index < -0.39 is 11.7 Å². The van der Waals surface area contributed by atoms with Gasteiger partial charge < -0.3 is 14.6 Å². The molecular weight excluding hydrogens is 252 g/mol. The minimum atomic E-state index is -0.663. The van der Waals surface area contributed by atoms with Crippen LogP contribution in [0.2, 0.25) is 5.02 Å². The minimum absolute atomic E-state index is 0.517. The van der Waals surface area contributed by atoms with Gasteiger partial charge in [-0.2, -0.15) is 0 Å². The fourth-order valence-corrected chi connectivity index (χ4v) is 2.56. The number of hydrogen-bond donors (Lipinski definition) is 1. The molecule has 1 N–H and O–H groups in total. The average Bonchev–Trinajstić information content (AvgIpc) is 2.39. The number of hydrogen-bond acceptors (Lipinski definition) is 3. The lowest BCUT2D eigenvalue weighted by Gasteiger charge is -2.38. The van der Waals surface area contributed by atoms with Gasteiger partial charge in [0.05, 0.1) is 17.7 Å². The highest BCUT2D eigenvalue weighted by molar-refractivity contribution is 6.32. The summed E-state index contributed by atoms with van der Waals surface area (Å²) < 4.78 is 10.9. The molecule has 1 aliphatic heterocycles. The molecule has 1 heterocycles. The Bertz CT molecular complexity index is 414. The fraction of sp³-hybridized carbons (Fsp3) is 0.571. The standard InChI is InChI=1S/C14H19ClO3/c1-14(7-3-4-8-18-14)13(16)10-5-6-11(15)12(9-10)17-2/h5-6,9,13,16H,3-4,7-8H2,1-2H3. The highest BCUT2D eigenvalue weighted by Crippen LogP contribution is 2.38. The highest BCUT2D eigenvalue weighted by Gasteiger charge is 2.36. The second-order valence-electron chi connectivity index (χ2n) is 4.91. The summed E-state index contributed by atoms with van der Waals surface area (Å²) in [6.45, 7) is 2.66. The Balaban J connectivity index is 2.24. The summed E-state index contributed by atoms with van der Waals surface area (Å²) in [5, 5.41) is 11.0. The lowest BCUT2D eigenvalue weighted by Crippen LogP contribution is -2.39. The Labute approximate surface area is 113 Å². The molecule has 1 saturated heterocycles. The molecule has 2 atom stereocenters. The van der Waals surface area contributed by atoms with Crippen molar-refractivity contribution in [2.45, 2.75) is 37.9 Å². The molecule has 1 aliphatic rings. The maximum atomic E-state index is 10.5. The van der Waals surface area contributed by atoms with Crippen LogP contribution in [0.25, 0.3) is 0 Å². The molecule has 0 aliphatic carbocycles. The zero-order valence-corrected chi connectivity index (χ0v) is 11.5. The second-order valence-corrected chi connectivity index (χ2v) is 5.32. The first-order valence-corrected chi connectivity index (χ1v) is 6.60.